The highest BCUT2D eigenvalue weighted by atomic mass is 16.5. The summed E-state index contributed by atoms with van der Waals surface area (Å²) in [4.78, 5) is 21.8. The first-order valence-corrected chi connectivity index (χ1v) is 5.26. The maximum atomic E-state index is 11.1. The lowest BCUT2D eigenvalue weighted by Gasteiger charge is -2.05. The van der Waals surface area contributed by atoms with Gasteiger partial charge in [-0.2, -0.15) is 0 Å². The van der Waals surface area contributed by atoms with Crippen LogP contribution in [0.1, 0.15) is 12.5 Å². The van der Waals surface area contributed by atoms with Crippen molar-refractivity contribution in [3.05, 3.63) is 47.7 Å². The third-order valence-electron chi connectivity index (χ3n) is 1.91. The Morgan fingerprint density at radius 1 is 1.24 bits per heavy atom. The minimum absolute atomic E-state index is 0.0349. The summed E-state index contributed by atoms with van der Waals surface area (Å²) >= 11 is 0. The molecule has 1 aromatic rings. The first-order chi connectivity index (χ1) is 8.26. The molecule has 0 aliphatic rings. The molecule has 0 unspecified atom stereocenters. The number of esters is 1. The highest BCUT2D eigenvalue weighted by molar-refractivity contribution is 5.88. The van der Waals surface area contributed by atoms with Gasteiger partial charge < -0.3 is 9.47 Å². The molecule has 0 heterocycles. The maximum Gasteiger partial charge on any atom is 0.334 e. The van der Waals surface area contributed by atoms with Crippen LogP contribution in [0.15, 0.2) is 42.2 Å². The molecule has 0 aliphatic carbocycles. The SMILES string of the molecule is CCOC(=O)/C=C(/C=O)OCc1ccccc1. The van der Waals surface area contributed by atoms with E-state index < -0.39 is 5.97 Å². The molecule has 0 N–H and O–H groups in total. The highest BCUT2D eigenvalue weighted by Crippen LogP contribution is 2.04. The fraction of sp³-hybridized carbons (Fsp3) is 0.231. The smallest absolute Gasteiger partial charge is 0.334 e. The van der Waals surface area contributed by atoms with E-state index in [-0.39, 0.29) is 19.0 Å². The molecule has 0 fully saturated rings. The summed E-state index contributed by atoms with van der Waals surface area (Å²) in [6, 6.07) is 9.36. The van der Waals surface area contributed by atoms with Crippen LogP contribution in [0.5, 0.6) is 0 Å². The second-order valence-electron chi connectivity index (χ2n) is 3.19. The highest BCUT2D eigenvalue weighted by Gasteiger charge is 2.03. The van der Waals surface area contributed by atoms with E-state index in [9.17, 15) is 9.59 Å². The normalized spacial score (nSPS) is 10.8. The van der Waals surface area contributed by atoms with Gasteiger partial charge in [-0.05, 0) is 12.5 Å². The molecule has 0 saturated carbocycles. The zero-order valence-corrected chi connectivity index (χ0v) is 9.59. The Balaban J connectivity index is 2.53. The Bertz CT molecular complexity index is 395. The zero-order valence-electron chi connectivity index (χ0n) is 9.59. The van der Waals surface area contributed by atoms with Crippen molar-refractivity contribution >= 4 is 12.3 Å². The quantitative estimate of drug-likeness (QED) is 0.326. The summed E-state index contributed by atoms with van der Waals surface area (Å²) in [7, 11) is 0. The molecule has 0 bridgehead atoms. The summed E-state index contributed by atoms with van der Waals surface area (Å²) in [5.74, 6) is -0.616. The van der Waals surface area contributed by atoms with Gasteiger partial charge >= 0.3 is 5.97 Å². The zero-order chi connectivity index (χ0) is 12.5. The van der Waals surface area contributed by atoms with Crippen molar-refractivity contribution in [3.63, 3.8) is 0 Å². The topological polar surface area (TPSA) is 52.6 Å². The lowest BCUT2D eigenvalue weighted by molar-refractivity contribution is -0.137. The summed E-state index contributed by atoms with van der Waals surface area (Å²) in [5, 5.41) is 0. The molecule has 0 atom stereocenters. The van der Waals surface area contributed by atoms with E-state index in [2.05, 4.69) is 4.74 Å². The number of ether oxygens (including phenoxy) is 2. The van der Waals surface area contributed by atoms with Gasteiger partial charge in [0.15, 0.2) is 12.0 Å². The first-order valence-electron chi connectivity index (χ1n) is 5.26. The average molecular weight is 234 g/mol. The standard InChI is InChI=1S/C13H14O4/c1-2-16-13(15)8-12(9-14)17-10-11-6-4-3-5-7-11/h3-9H,2,10H2,1H3/b12-8-. The number of carbonyl (C=O) groups is 2. The van der Waals surface area contributed by atoms with Gasteiger partial charge in [-0.3, -0.25) is 4.79 Å². The molecule has 0 amide bonds. The predicted octanol–water partition coefficient (Wildman–Crippen LogP) is 1.85. The Kier molecular flexibility index (Phi) is 5.51. The third kappa shape index (κ3) is 4.97. The fourth-order valence-electron chi connectivity index (χ4n) is 1.15. The van der Waals surface area contributed by atoms with Crippen LogP contribution in [0, 0.1) is 0 Å². The van der Waals surface area contributed by atoms with E-state index in [1.807, 2.05) is 30.3 Å². The molecule has 0 radical (unpaired) electrons. The molecule has 0 saturated heterocycles. The van der Waals surface area contributed by atoms with E-state index in [4.69, 9.17) is 4.74 Å². The van der Waals surface area contributed by atoms with Gasteiger partial charge in [0.1, 0.15) is 6.61 Å². The van der Waals surface area contributed by atoms with E-state index in [0.29, 0.717) is 6.29 Å². The first kappa shape index (κ1) is 13.0. The van der Waals surface area contributed by atoms with E-state index in [1.165, 1.54) is 0 Å². The van der Waals surface area contributed by atoms with Crippen molar-refractivity contribution in [2.45, 2.75) is 13.5 Å². The molecule has 1 rings (SSSR count). The van der Waals surface area contributed by atoms with Crippen LogP contribution >= 0.6 is 0 Å². The van der Waals surface area contributed by atoms with E-state index in [0.717, 1.165) is 11.6 Å². The summed E-state index contributed by atoms with van der Waals surface area (Å²) in [6.45, 7) is 2.20. The molecule has 0 aliphatic heterocycles. The largest absolute Gasteiger partial charge is 0.485 e. The predicted molar refractivity (Wildman–Crippen MR) is 62.0 cm³/mol. The van der Waals surface area contributed by atoms with Crippen LogP contribution in [0.4, 0.5) is 0 Å². The van der Waals surface area contributed by atoms with E-state index >= 15 is 0 Å². The maximum absolute atomic E-state index is 11.1. The van der Waals surface area contributed by atoms with Crippen LogP contribution in [0.3, 0.4) is 0 Å². The molecule has 1 aromatic carbocycles. The van der Waals surface area contributed by atoms with Crippen LogP contribution in [0.25, 0.3) is 0 Å². The number of aldehydes is 1. The molecule has 4 heteroatoms. The molecule has 0 aromatic heterocycles. The molecule has 0 spiro atoms. The Labute approximate surface area is 99.8 Å². The Hall–Kier alpha value is -2.10. The second-order valence-corrected chi connectivity index (χ2v) is 3.19. The number of allylic oxidation sites excluding steroid dienone is 1. The van der Waals surface area contributed by atoms with Crippen molar-refractivity contribution in [3.8, 4) is 0 Å². The minimum atomic E-state index is -0.581. The van der Waals surface area contributed by atoms with Crippen LogP contribution in [0.2, 0.25) is 0 Å². The molecular weight excluding hydrogens is 220 g/mol. The number of rotatable bonds is 6. The number of benzene rings is 1. The molecule has 90 valence electrons. The van der Waals surface area contributed by atoms with Crippen molar-refractivity contribution in [2.75, 3.05) is 6.61 Å². The van der Waals surface area contributed by atoms with Gasteiger partial charge in [-0.15, -0.1) is 0 Å². The van der Waals surface area contributed by atoms with Crippen molar-refractivity contribution < 1.29 is 19.1 Å². The number of carbonyl (C=O) groups excluding carboxylic acids is 2. The summed E-state index contributed by atoms with van der Waals surface area (Å²) < 4.78 is 9.86. The summed E-state index contributed by atoms with van der Waals surface area (Å²) in [5.41, 5.74) is 0.920. The van der Waals surface area contributed by atoms with Crippen molar-refractivity contribution in [2.24, 2.45) is 0 Å². The van der Waals surface area contributed by atoms with Crippen LogP contribution in [-0.2, 0) is 25.7 Å². The number of hydrogen-bond acceptors (Lipinski definition) is 4. The third-order valence-corrected chi connectivity index (χ3v) is 1.91. The number of hydrogen-bond donors (Lipinski definition) is 0. The van der Waals surface area contributed by atoms with Crippen molar-refractivity contribution in [1.82, 2.24) is 0 Å². The van der Waals surface area contributed by atoms with E-state index in [1.54, 1.807) is 6.92 Å². The van der Waals surface area contributed by atoms with Crippen LogP contribution in [-0.4, -0.2) is 18.9 Å². The molecule has 17 heavy (non-hydrogen) atoms. The fourth-order valence-corrected chi connectivity index (χ4v) is 1.15. The Morgan fingerprint density at radius 2 is 1.94 bits per heavy atom. The van der Waals surface area contributed by atoms with Crippen molar-refractivity contribution in [1.29, 1.82) is 0 Å². The molecular formula is C13H14O4. The van der Waals surface area contributed by atoms with Gasteiger partial charge in [0.2, 0.25) is 0 Å². The lowest BCUT2D eigenvalue weighted by Crippen LogP contribution is -2.04. The van der Waals surface area contributed by atoms with Gasteiger partial charge in [0, 0.05) is 0 Å². The van der Waals surface area contributed by atoms with Gasteiger partial charge in [-0.1, -0.05) is 30.3 Å². The lowest BCUT2D eigenvalue weighted by atomic mass is 10.2. The minimum Gasteiger partial charge on any atom is -0.485 e. The average Bonchev–Trinajstić information content (AvgIpc) is 2.36. The van der Waals surface area contributed by atoms with Gasteiger partial charge in [-0.25, -0.2) is 4.79 Å². The van der Waals surface area contributed by atoms with Gasteiger partial charge in [0.25, 0.3) is 0 Å². The summed E-state index contributed by atoms with van der Waals surface area (Å²) in [6.07, 6.45) is 1.53. The Morgan fingerprint density at radius 3 is 2.53 bits per heavy atom. The second kappa shape index (κ2) is 7.22. The van der Waals surface area contributed by atoms with Gasteiger partial charge in [0.05, 0.1) is 12.7 Å². The molecule has 4 nitrogen and oxygen atoms in total. The monoisotopic (exact) mass is 234 g/mol. The van der Waals surface area contributed by atoms with Crippen LogP contribution < -0.4 is 0 Å².